The summed E-state index contributed by atoms with van der Waals surface area (Å²) in [6.45, 7) is 5.85. The fourth-order valence-corrected chi connectivity index (χ4v) is 3.65. The standard InChI is InChI=1S/C16H20N4O2S/c1-4-5-11(2)14-9-16(19-18-14)20-23(21,22)15-8-13(10-17)7-6-12(15)3/h6-9,11H,4-5H2,1-3H3,(H2,18,19,20). The van der Waals surface area contributed by atoms with Gasteiger partial charge in [0, 0.05) is 11.8 Å². The van der Waals surface area contributed by atoms with Crippen LogP contribution in [-0.2, 0) is 10.0 Å². The lowest BCUT2D eigenvalue weighted by molar-refractivity contribution is 0.600. The Morgan fingerprint density at radius 1 is 1.39 bits per heavy atom. The SMILES string of the molecule is CCCC(C)c1cc(NS(=O)(=O)c2cc(C#N)ccc2C)n[nH]1. The second-order valence-corrected chi connectivity index (χ2v) is 7.25. The Morgan fingerprint density at radius 3 is 2.78 bits per heavy atom. The van der Waals surface area contributed by atoms with Crippen LogP contribution < -0.4 is 4.72 Å². The summed E-state index contributed by atoms with van der Waals surface area (Å²) in [5.41, 5.74) is 1.77. The number of rotatable bonds is 6. The van der Waals surface area contributed by atoms with Gasteiger partial charge in [0.05, 0.1) is 16.5 Å². The van der Waals surface area contributed by atoms with Gasteiger partial charge in [-0.25, -0.2) is 8.42 Å². The molecule has 1 aromatic carbocycles. The molecule has 2 rings (SSSR count). The third kappa shape index (κ3) is 3.90. The molecule has 6 nitrogen and oxygen atoms in total. The molecule has 7 heteroatoms. The van der Waals surface area contributed by atoms with Gasteiger partial charge in [-0.3, -0.25) is 9.82 Å². The highest BCUT2D eigenvalue weighted by Crippen LogP contribution is 2.23. The monoisotopic (exact) mass is 332 g/mol. The van der Waals surface area contributed by atoms with Gasteiger partial charge in [0.2, 0.25) is 0 Å². The molecule has 0 radical (unpaired) electrons. The summed E-state index contributed by atoms with van der Waals surface area (Å²) in [6.07, 6.45) is 2.04. The van der Waals surface area contributed by atoms with Crippen LogP contribution in [0.1, 0.15) is 49.4 Å². The predicted molar refractivity (Wildman–Crippen MR) is 88.6 cm³/mol. The summed E-state index contributed by atoms with van der Waals surface area (Å²) in [5.74, 6) is 0.541. The normalized spacial score (nSPS) is 12.6. The molecular weight excluding hydrogens is 312 g/mol. The fourth-order valence-electron chi connectivity index (χ4n) is 2.38. The van der Waals surface area contributed by atoms with E-state index in [1.807, 2.05) is 6.07 Å². The summed E-state index contributed by atoms with van der Waals surface area (Å²) in [7, 11) is -3.78. The van der Waals surface area contributed by atoms with E-state index in [4.69, 9.17) is 5.26 Å². The van der Waals surface area contributed by atoms with E-state index in [0.717, 1.165) is 18.5 Å². The quantitative estimate of drug-likeness (QED) is 0.848. The van der Waals surface area contributed by atoms with E-state index in [0.29, 0.717) is 11.1 Å². The summed E-state index contributed by atoms with van der Waals surface area (Å²) < 4.78 is 27.5. The average Bonchev–Trinajstić information content (AvgIpc) is 2.95. The lowest BCUT2D eigenvalue weighted by atomic mass is 10.0. The molecule has 0 aliphatic carbocycles. The van der Waals surface area contributed by atoms with Crippen LogP contribution in [0.4, 0.5) is 5.82 Å². The first-order valence-electron chi connectivity index (χ1n) is 7.46. The molecular formula is C16H20N4O2S. The zero-order valence-corrected chi connectivity index (χ0v) is 14.2. The Morgan fingerprint density at radius 2 is 2.13 bits per heavy atom. The second kappa shape index (κ2) is 6.84. The van der Waals surface area contributed by atoms with Crippen molar-refractivity contribution in [2.45, 2.75) is 44.4 Å². The lowest BCUT2D eigenvalue weighted by Gasteiger charge is -2.08. The molecule has 0 fully saturated rings. The minimum atomic E-state index is -3.78. The Balaban J connectivity index is 2.27. The van der Waals surface area contributed by atoms with Gasteiger partial charge in [0.25, 0.3) is 10.0 Å². The summed E-state index contributed by atoms with van der Waals surface area (Å²) in [6, 6.07) is 8.23. The van der Waals surface area contributed by atoms with Crippen LogP contribution in [0.25, 0.3) is 0 Å². The van der Waals surface area contributed by atoms with Crippen molar-refractivity contribution >= 4 is 15.8 Å². The number of nitrogens with one attached hydrogen (secondary N) is 2. The van der Waals surface area contributed by atoms with Crippen LogP contribution in [-0.4, -0.2) is 18.6 Å². The van der Waals surface area contributed by atoms with Crippen LogP contribution >= 0.6 is 0 Å². The fraction of sp³-hybridized carbons (Fsp3) is 0.375. The van der Waals surface area contributed by atoms with E-state index in [9.17, 15) is 8.42 Å². The predicted octanol–water partition coefficient (Wildman–Crippen LogP) is 3.29. The Hall–Kier alpha value is -2.33. The maximum absolute atomic E-state index is 12.5. The number of nitriles is 1. The van der Waals surface area contributed by atoms with Gasteiger partial charge in [0.1, 0.15) is 0 Å². The maximum atomic E-state index is 12.5. The van der Waals surface area contributed by atoms with Crippen molar-refractivity contribution in [3.05, 3.63) is 41.1 Å². The Kier molecular flexibility index (Phi) is 5.06. The molecule has 2 N–H and O–H groups in total. The van der Waals surface area contributed by atoms with Gasteiger partial charge in [0.15, 0.2) is 5.82 Å². The van der Waals surface area contributed by atoms with E-state index in [1.54, 1.807) is 25.1 Å². The van der Waals surface area contributed by atoms with Crippen molar-refractivity contribution in [3.63, 3.8) is 0 Å². The van der Waals surface area contributed by atoms with Gasteiger partial charge < -0.3 is 0 Å². The molecule has 1 aromatic heterocycles. The van der Waals surface area contributed by atoms with Gasteiger partial charge in [-0.2, -0.15) is 10.4 Å². The van der Waals surface area contributed by atoms with Gasteiger partial charge in [-0.1, -0.05) is 26.3 Å². The van der Waals surface area contributed by atoms with Crippen LogP contribution in [0.3, 0.4) is 0 Å². The summed E-state index contributed by atoms with van der Waals surface area (Å²) >= 11 is 0. The third-order valence-electron chi connectivity index (χ3n) is 3.70. The molecule has 0 saturated carbocycles. The first-order chi connectivity index (χ1) is 10.9. The number of benzene rings is 1. The molecule has 0 amide bonds. The largest absolute Gasteiger partial charge is 0.280 e. The van der Waals surface area contributed by atoms with Gasteiger partial charge >= 0.3 is 0 Å². The van der Waals surface area contributed by atoms with Crippen molar-refractivity contribution in [1.82, 2.24) is 10.2 Å². The van der Waals surface area contributed by atoms with Gasteiger partial charge in [-0.15, -0.1) is 0 Å². The number of sulfonamides is 1. The maximum Gasteiger partial charge on any atom is 0.263 e. The summed E-state index contributed by atoms with van der Waals surface area (Å²) in [4.78, 5) is 0.0858. The number of hydrogen-bond donors (Lipinski definition) is 2. The molecule has 1 atom stereocenters. The molecule has 122 valence electrons. The third-order valence-corrected chi connectivity index (χ3v) is 5.19. The zero-order valence-electron chi connectivity index (χ0n) is 13.4. The highest BCUT2D eigenvalue weighted by atomic mass is 32.2. The number of anilines is 1. The van der Waals surface area contributed by atoms with Gasteiger partial charge in [-0.05, 0) is 37.0 Å². The van der Waals surface area contributed by atoms with Crippen LogP contribution in [0.2, 0.25) is 0 Å². The minimum Gasteiger partial charge on any atom is -0.280 e. The molecule has 0 bridgehead atoms. The molecule has 0 aliphatic heterocycles. The first-order valence-corrected chi connectivity index (χ1v) is 8.94. The van der Waals surface area contributed by atoms with Crippen molar-refractivity contribution in [3.8, 4) is 6.07 Å². The van der Waals surface area contributed by atoms with Crippen molar-refractivity contribution in [2.24, 2.45) is 0 Å². The first kappa shape index (κ1) is 17.0. The smallest absolute Gasteiger partial charge is 0.263 e. The topological polar surface area (TPSA) is 98.6 Å². The lowest BCUT2D eigenvalue weighted by Crippen LogP contribution is -2.14. The highest BCUT2D eigenvalue weighted by Gasteiger charge is 2.19. The number of hydrogen-bond acceptors (Lipinski definition) is 4. The van der Waals surface area contributed by atoms with Crippen molar-refractivity contribution in [1.29, 1.82) is 5.26 Å². The average molecular weight is 332 g/mol. The molecule has 23 heavy (non-hydrogen) atoms. The number of aromatic amines is 1. The number of aryl methyl sites for hydroxylation is 1. The number of H-pyrrole nitrogens is 1. The van der Waals surface area contributed by atoms with Crippen LogP contribution in [0.15, 0.2) is 29.2 Å². The van der Waals surface area contributed by atoms with Crippen LogP contribution in [0.5, 0.6) is 0 Å². The van der Waals surface area contributed by atoms with E-state index in [-0.39, 0.29) is 16.6 Å². The Labute approximate surface area is 136 Å². The second-order valence-electron chi connectivity index (χ2n) is 5.60. The molecule has 0 saturated heterocycles. The molecule has 0 aliphatic rings. The molecule has 0 spiro atoms. The van der Waals surface area contributed by atoms with E-state index >= 15 is 0 Å². The Bertz CT molecular complexity index is 834. The van der Waals surface area contributed by atoms with Crippen molar-refractivity contribution < 1.29 is 8.42 Å². The number of aromatic nitrogens is 2. The zero-order chi connectivity index (χ0) is 17.0. The number of nitrogens with zero attached hydrogens (tertiary/aromatic N) is 2. The molecule has 1 heterocycles. The summed E-state index contributed by atoms with van der Waals surface area (Å²) in [5, 5.41) is 15.8. The van der Waals surface area contributed by atoms with E-state index < -0.39 is 10.0 Å². The molecule has 1 unspecified atom stereocenters. The highest BCUT2D eigenvalue weighted by molar-refractivity contribution is 7.92. The van der Waals surface area contributed by atoms with E-state index in [2.05, 4.69) is 28.8 Å². The molecule has 2 aromatic rings. The minimum absolute atomic E-state index is 0.0858. The van der Waals surface area contributed by atoms with Crippen LogP contribution in [0, 0.1) is 18.3 Å². The van der Waals surface area contributed by atoms with E-state index in [1.165, 1.54) is 6.07 Å². The van der Waals surface area contributed by atoms with Crippen molar-refractivity contribution in [2.75, 3.05) is 4.72 Å².